The first-order valence-electron chi connectivity index (χ1n) is 11.7. The summed E-state index contributed by atoms with van der Waals surface area (Å²) in [5.41, 5.74) is 0. The summed E-state index contributed by atoms with van der Waals surface area (Å²) in [7, 11) is 0. The van der Waals surface area contributed by atoms with Crippen LogP contribution in [0, 0.1) is 11.8 Å². The fourth-order valence-corrected chi connectivity index (χ4v) is 4.62. The molecular weight excluding hydrogens is 304 g/mol. The van der Waals surface area contributed by atoms with Gasteiger partial charge in [-0.25, -0.2) is 0 Å². The van der Waals surface area contributed by atoms with E-state index in [-0.39, 0.29) is 0 Å². The molecule has 0 amide bonds. The minimum atomic E-state index is 0.955. The zero-order valence-electron chi connectivity index (χ0n) is 17.8. The first-order chi connectivity index (χ1) is 12.3. The summed E-state index contributed by atoms with van der Waals surface area (Å²) in [5.74, 6) is 1.91. The number of nitrogens with zero attached hydrogens (tertiary/aromatic N) is 1. The average Bonchev–Trinajstić information content (AvgIpc) is 2.65. The summed E-state index contributed by atoms with van der Waals surface area (Å²) in [4.78, 5) is 2.66. The maximum atomic E-state index is 3.75. The number of piperidine rings is 1. The Hall–Kier alpha value is -0.0800. The first-order valence-corrected chi connectivity index (χ1v) is 11.7. The zero-order chi connectivity index (χ0) is 18.2. The smallest absolute Gasteiger partial charge is 0.000664 e. The molecular formula is C23H48N2. The van der Waals surface area contributed by atoms with Crippen molar-refractivity contribution < 1.29 is 0 Å². The molecule has 0 aromatic rings. The van der Waals surface area contributed by atoms with Crippen LogP contribution in [0.5, 0.6) is 0 Å². The lowest BCUT2D eigenvalue weighted by Crippen LogP contribution is -2.32. The van der Waals surface area contributed by atoms with Crippen LogP contribution < -0.4 is 5.32 Å². The van der Waals surface area contributed by atoms with Crippen LogP contribution >= 0.6 is 0 Å². The van der Waals surface area contributed by atoms with Gasteiger partial charge in [0.25, 0.3) is 0 Å². The molecule has 2 atom stereocenters. The molecule has 150 valence electrons. The van der Waals surface area contributed by atoms with Crippen LogP contribution in [0.2, 0.25) is 0 Å². The molecule has 25 heavy (non-hydrogen) atoms. The Labute approximate surface area is 159 Å². The number of hydrogen-bond donors (Lipinski definition) is 1. The first kappa shape index (κ1) is 23.0. The molecule has 2 nitrogen and oxygen atoms in total. The summed E-state index contributed by atoms with van der Waals surface area (Å²) in [6.45, 7) is 13.5. The van der Waals surface area contributed by atoms with Crippen LogP contribution in [0.25, 0.3) is 0 Å². The standard InChI is InChI=1S/C23H48N2/c1-4-7-8-10-15-23(22(6-3)14-5-2)16-18-24-17-13-21-25-19-11-9-12-20-25/h22-24H,4-21H2,1-3H3. The molecule has 0 aliphatic carbocycles. The van der Waals surface area contributed by atoms with Crippen molar-refractivity contribution in [3.63, 3.8) is 0 Å². The van der Waals surface area contributed by atoms with Gasteiger partial charge in [-0.3, -0.25) is 0 Å². The third kappa shape index (κ3) is 11.3. The molecule has 0 aromatic carbocycles. The molecule has 0 radical (unpaired) electrons. The van der Waals surface area contributed by atoms with Crippen molar-refractivity contribution in [3.8, 4) is 0 Å². The molecule has 2 heteroatoms. The van der Waals surface area contributed by atoms with Crippen molar-refractivity contribution in [1.29, 1.82) is 0 Å². The maximum absolute atomic E-state index is 3.75. The van der Waals surface area contributed by atoms with Gasteiger partial charge in [0, 0.05) is 0 Å². The molecule has 2 unspecified atom stereocenters. The lowest BCUT2D eigenvalue weighted by molar-refractivity contribution is 0.224. The molecule has 1 aliphatic heterocycles. The molecule has 0 aromatic heterocycles. The molecule has 0 saturated carbocycles. The van der Waals surface area contributed by atoms with Gasteiger partial charge >= 0.3 is 0 Å². The summed E-state index contributed by atoms with van der Waals surface area (Å²) < 4.78 is 0. The number of likely N-dealkylation sites (tertiary alicyclic amines) is 1. The van der Waals surface area contributed by atoms with Crippen LogP contribution in [0.15, 0.2) is 0 Å². The third-order valence-corrected chi connectivity index (χ3v) is 6.25. The van der Waals surface area contributed by atoms with Crippen molar-refractivity contribution >= 4 is 0 Å². The van der Waals surface area contributed by atoms with Crippen molar-refractivity contribution in [2.75, 3.05) is 32.7 Å². The highest BCUT2D eigenvalue weighted by Crippen LogP contribution is 2.29. The zero-order valence-corrected chi connectivity index (χ0v) is 17.8. The fourth-order valence-electron chi connectivity index (χ4n) is 4.62. The van der Waals surface area contributed by atoms with Gasteiger partial charge in [0.15, 0.2) is 0 Å². The Balaban J connectivity index is 2.16. The predicted molar refractivity (Wildman–Crippen MR) is 113 cm³/mol. The highest BCUT2D eigenvalue weighted by molar-refractivity contribution is 4.71. The van der Waals surface area contributed by atoms with Gasteiger partial charge in [0.1, 0.15) is 0 Å². The van der Waals surface area contributed by atoms with Crippen molar-refractivity contribution in [2.24, 2.45) is 11.8 Å². The van der Waals surface area contributed by atoms with E-state index < -0.39 is 0 Å². The van der Waals surface area contributed by atoms with Gasteiger partial charge in [-0.05, 0) is 70.2 Å². The van der Waals surface area contributed by atoms with Crippen molar-refractivity contribution in [3.05, 3.63) is 0 Å². The van der Waals surface area contributed by atoms with E-state index in [0.717, 1.165) is 11.8 Å². The monoisotopic (exact) mass is 352 g/mol. The van der Waals surface area contributed by atoms with E-state index in [0.29, 0.717) is 0 Å². The largest absolute Gasteiger partial charge is 0.317 e. The second-order valence-electron chi connectivity index (χ2n) is 8.36. The minimum absolute atomic E-state index is 0.955. The van der Waals surface area contributed by atoms with Crippen LogP contribution in [0.1, 0.15) is 104 Å². The second-order valence-corrected chi connectivity index (χ2v) is 8.36. The predicted octanol–water partition coefficient (Wildman–Crippen LogP) is 6.26. The molecule has 1 rings (SSSR count). The number of hydrogen-bond acceptors (Lipinski definition) is 2. The lowest BCUT2D eigenvalue weighted by Gasteiger charge is -2.27. The second kappa shape index (κ2) is 16.1. The highest BCUT2D eigenvalue weighted by Gasteiger charge is 2.18. The van der Waals surface area contributed by atoms with E-state index in [9.17, 15) is 0 Å². The number of rotatable bonds is 16. The fraction of sp³-hybridized carbons (Fsp3) is 1.00. The van der Waals surface area contributed by atoms with Crippen LogP contribution in [0.4, 0.5) is 0 Å². The summed E-state index contributed by atoms with van der Waals surface area (Å²) >= 11 is 0. The van der Waals surface area contributed by atoms with E-state index in [2.05, 4.69) is 31.0 Å². The summed E-state index contributed by atoms with van der Waals surface area (Å²) in [6, 6.07) is 0. The SMILES string of the molecule is CCCCCCC(CCNCCCN1CCCCC1)C(CC)CCC. The molecule has 1 N–H and O–H groups in total. The summed E-state index contributed by atoms with van der Waals surface area (Å²) in [5, 5.41) is 3.75. The normalized spacial score (nSPS) is 18.4. The van der Waals surface area contributed by atoms with E-state index >= 15 is 0 Å². The maximum Gasteiger partial charge on any atom is -0.000664 e. The van der Waals surface area contributed by atoms with Crippen molar-refractivity contribution in [1.82, 2.24) is 10.2 Å². The van der Waals surface area contributed by atoms with Gasteiger partial charge in [-0.15, -0.1) is 0 Å². The van der Waals surface area contributed by atoms with E-state index in [1.165, 1.54) is 116 Å². The highest BCUT2D eigenvalue weighted by atomic mass is 15.1. The van der Waals surface area contributed by atoms with Gasteiger partial charge < -0.3 is 10.2 Å². The Morgan fingerprint density at radius 2 is 1.52 bits per heavy atom. The van der Waals surface area contributed by atoms with E-state index in [1.807, 2.05) is 0 Å². The van der Waals surface area contributed by atoms with Gasteiger partial charge in [0.2, 0.25) is 0 Å². The third-order valence-electron chi connectivity index (χ3n) is 6.25. The van der Waals surface area contributed by atoms with E-state index in [4.69, 9.17) is 0 Å². The quantitative estimate of drug-likeness (QED) is 0.330. The number of nitrogens with one attached hydrogen (secondary N) is 1. The molecule has 0 spiro atoms. The average molecular weight is 353 g/mol. The minimum Gasteiger partial charge on any atom is -0.317 e. The van der Waals surface area contributed by atoms with Crippen LogP contribution in [0.3, 0.4) is 0 Å². The summed E-state index contributed by atoms with van der Waals surface area (Å²) in [6.07, 6.45) is 18.3. The lowest BCUT2D eigenvalue weighted by atomic mass is 9.81. The van der Waals surface area contributed by atoms with Crippen LogP contribution in [-0.4, -0.2) is 37.6 Å². The van der Waals surface area contributed by atoms with Gasteiger partial charge in [0.05, 0.1) is 0 Å². The Morgan fingerprint density at radius 3 is 2.20 bits per heavy atom. The molecule has 0 bridgehead atoms. The van der Waals surface area contributed by atoms with Gasteiger partial charge in [-0.2, -0.15) is 0 Å². The van der Waals surface area contributed by atoms with E-state index in [1.54, 1.807) is 0 Å². The molecule has 1 heterocycles. The van der Waals surface area contributed by atoms with Gasteiger partial charge in [-0.1, -0.05) is 78.6 Å². The number of unbranched alkanes of at least 4 members (excludes halogenated alkanes) is 3. The molecule has 1 aliphatic rings. The van der Waals surface area contributed by atoms with Crippen LogP contribution in [-0.2, 0) is 0 Å². The Bertz CT molecular complexity index is 273. The Kier molecular flexibility index (Phi) is 14.8. The molecule has 1 saturated heterocycles. The topological polar surface area (TPSA) is 15.3 Å². The Morgan fingerprint density at radius 1 is 0.720 bits per heavy atom. The van der Waals surface area contributed by atoms with Crippen molar-refractivity contribution in [2.45, 2.75) is 104 Å². The molecule has 1 fully saturated rings.